The summed E-state index contributed by atoms with van der Waals surface area (Å²) in [5, 5.41) is 5.48. The number of nitrogens with two attached hydrogens (primary N) is 2. The molecular weight excluding hydrogens is 496 g/mol. The van der Waals surface area contributed by atoms with E-state index in [0.29, 0.717) is 5.56 Å². The van der Waals surface area contributed by atoms with Gasteiger partial charge < -0.3 is 16.8 Å². The van der Waals surface area contributed by atoms with Crippen LogP contribution in [-0.4, -0.2) is 32.5 Å². The maximum atomic E-state index is 14.6. The van der Waals surface area contributed by atoms with Crippen molar-refractivity contribution < 1.29 is 31.9 Å². The number of rotatable bonds is 6. The monoisotopic (exact) mass is 514 g/mol. The van der Waals surface area contributed by atoms with Crippen molar-refractivity contribution in [1.29, 1.82) is 0 Å². The number of hydrogen-bond acceptors (Lipinski definition) is 5. The van der Waals surface area contributed by atoms with Gasteiger partial charge in [-0.3, -0.25) is 19.1 Å². The van der Waals surface area contributed by atoms with Gasteiger partial charge in [0.05, 0.1) is 29.0 Å². The van der Waals surface area contributed by atoms with Crippen molar-refractivity contribution in [3.05, 3.63) is 88.1 Å². The fourth-order valence-electron chi connectivity index (χ4n) is 3.77. The van der Waals surface area contributed by atoms with Gasteiger partial charge in [-0.25, -0.2) is 9.37 Å². The van der Waals surface area contributed by atoms with Crippen LogP contribution in [0.15, 0.2) is 48.5 Å². The van der Waals surface area contributed by atoms with Gasteiger partial charge in [0.15, 0.2) is 5.69 Å². The van der Waals surface area contributed by atoms with Crippen LogP contribution >= 0.6 is 0 Å². The molecule has 0 unspecified atom stereocenters. The van der Waals surface area contributed by atoms with E-state index in [0.717, 1.165) is 16.8 Å². The minimum absolute atomic E-state index is 0.0703. The summed E-state index contributed by atoms with van der Waals surface area (Å²) in [6.45, 7) is 1.13. The summed E-state index contributed by atoms with van der Waals surface area (Å²) in [6.07, 6.45) is -4.96. The normalized spacial score (nSPS) is 11.5. The van der Waals surface area contributed by atoms with Crippen molar-refractivity contribution in [2.45, 2.75) is 19.6 Å². The van der Waals surface area contributed by atoms with Crippen LogP contribution in [0.2, 0.25) is 0 Å². The molecule has 2 aromatic carbocycles. The molecule has 9 nitrogen and oxygen atoms in total. The number of nitrogens with one attached hydrogen (secondary N) is 1. The molecule has 0 saturated carbocycles. The Labute approximate surface area is 206 Å². The standard InChI is InChI=1S/C24H18F4N6O3/c1-11-19(20(24(26,27)28)33-34(11)10-12-4-2-5-13(8-12)21(29)35)32-23(37)14-9-17(22(30)36)31-16-7-3-6-15(25)18(14)16/h2-9H,10H2,1H3,(H2,29,35)(H2,30,36)(H,32,37). The lowest BCUT2D eigenvalue weighted by Crippen LogP contribution is -2.20. The zero-order valence-electron chi connectivity index (χ0n) is 19.1. The average molecular weight is 514 g/mol. The van der Waals surface area contributed by atoms with E-state index in [-0.39, 0.29) is 34.4 Å². The Morgan fingerprint density at radius 2 is 1.73 bits per heavy atom. The van der Waals surface area contributed by atoms with Gasteiger partial charge in [0.25, 0.3) is 11.8 Å². The molecule has 0 bridgehead atoms. The Balaban J connectivity index is 1.79. The molecule has 0 aliphatic heterocycles. The maximum absolute atomic E-state index is 14.6. The topological polar surface area (TPSA) is 146 Å². The number of fused-ring (bicyclic) bond motifs is 1. The number of halogens is 4. The number of alkyl halides is 3. The smallest absolute Gasteiger partial charge is 0.366 e. The van der Waals surface area contributed by atoms with Crippen molar-refractivity contribution >= 4 is 34.3 Å². The molecule has 0 radical (unpaired) electrons. The molecule has 4 aromatic rings. The van der Waals surface area contributed by atoms with Crippen LogP contribution in [-0.2, 0) is 12.7 Å². The van der Waals surface area contributed by atoms with Crippen LogP contribution in [0.3, 0.4) is 0 Å². The second kappa shape index (κ2) is 9.33. The SMILES string of the molecule is Cc1c(NC(=O)c2cc(C(N)=O)nc3cccc(F)c23)c(C(F)(F)F)nn1Cc1cccc(C(N)=O)c1. The molecule has 5 N–H and O–H groups in total. The van der Waals surface area contributed by atoms with Gasteiger partial charge in [-0.1, -0.05) is 18.2 Å². The summed E-state index contributed by atoms with van der Waals surface area (Å²) in [6, 6.07) is 10.5. The van der Waals surface area contributed by atoms with E-state index in [1.165, 1.54) is 37.3 Å². The molecule has 0 aliphatic carbocycles. The fraction of sp³-hybridized carbons (Fsp3) is 0.125. The Morgan fingerprint density at radius 1 is 1.03 bits per heavy atom. The first-order valence-corrected chi connectivity index (χ1v) is 10.6. The Hall–Kier alpha value is -4.81. The fourth-order valence-corrected chi connectivity index (χ4v) is 3.77. The summed E-state index contributed by atoms with van der Waals surface area (Å²) < 4.78 is 57.2. The summed E-state index contributed by atoms with van der Waals surface area (Å²) in [5.74, 6) is -3.73. The predicted molar refractivity (Wildman–Crippen MR) is 124 cm³/mol. The average Bonchev–Trinajstić information content (AvgIpc) is 3.14. The Kier molecular flexibility index (Phi) is 6.38. The van der Waals surface area contributed by atoms with Gasteiger partial charge in [0, 0.05) is 10.9 Å². The number of carbonyl (C=O) groups is 3. The van der Waals surface area contributed by atoms with Crippen LogP contribution in [0.5, 0.6) is 0 Å². The number of amides is 3. The molecule has 0 fully saturated rings. The van der Waals surface area contributed by atoms with E-state index >= 15 is 0 Å². The summed E-state index contributed by atoms with van der Waals surface area (Å²) in [7, 11) is 0. The van der Waals surface area contributed by atoms with Crippen molar-refractivity contribution in [1.82, 2.24) is 14.8 Å². The molecule has 2 heterocycles. The first-order valence-electron chi connectivity index (χ1n) is 10.6. The minimum Gasteiger partial charge on any atom is -0.366 e. The minimum atomic E-state index is -4.96. The third-order valence-corrected chi connectivity index (χ3v) is 5.54. The van der Waals surface area contributed by atoms with Crippen molar-refractivity contribution in [3.63, 3.8) is 0 Å². The number of carbonyl (C=O) groups excluding carboxylic acids is 3. The largest absolute Gasteiger partial charge is 0.437 e. The Morgan fingerprint density at radius 3 is 2.38 bits per heavy atom. The molecule has 13 heteroatoms. The number of primary amides is 2. The molecule has 3 amide bonds. The molecule has 190 valence electrons. The highest BCUT2D eigenvalue weighted by atomic mass is 19.4. The van der Waals surface area contributed by atoms with E-state index in [9.17, 15) is 31.9 Å². The highest BCUT2D eigenvalue weighted by Crippen LogP contribution is 2.36. The van der Waals surface area contributed by atoms with Gasteiger partial charge in [0.1, 0.15) is 11.5 Å². The van der Waals surface area contributed by atoms with Crippen LogP contribution in [0.1, 0.15) is 48.2 Å². The molecule has 0 saturated heterocycles. The molecule has 2 aromatic heterocycles. The third kappa shape index (κ3) is 4.96. The molecule has 4 rings (SSSR count). The number of hydrogen-bond donors (Lipinski definition) is 3. The second-order valence-corrected chi connectivity index (χ2v) is 8.04. The van der Waals surface area contributed by atoms with Crippen molar-refractivity contribution in [2.24, 2.45) is 11.5 Å². The van der Waals surface area contributed by atoms with Gasteiger partial charge >= 0.3 is 6.18 Å². The molecule has 0 atom stereocenters. The third-order valence-electron chi connectivity index (χ3n) is 5.54. The second-order valence-electron chi connectivity index (χ2n) is 8.04. The van der Waals surface area contributed by atoms with E-state index in [4.69, 9.17) is 11.5 Å². The lowest BCUT2D eigenvalue weighted by atomic mass is 10.1. The van der Waals surface area contributed by atoms with E-state index in [2.05, 4.69) is 15.4 Å². The van der Waals surface area contributed by atoms with E-state index in [1.807, 2.05) is 0 Å². The van der Waals surface area contributed by atoms with Crippen LogP contribution < -0.4 is 16.8 Å². The zero-order valence-corrected chi connectivity index (χ0v) is 19.1. The summed E-state index contributed by atoms with van der Waals surface area (Å²) in [5.41, 5.74) is 8.09. The van der Waals surface area contributed by atoms with Crippen molar-refractivity contribution in [2.75, 3.05) is 5.32 Å². The van der Waals surface area contributed by atoms with E-state index in [1.54, 1.807) is 6.07 Å². The Bertz CT molecular complexity index is 1580. The lowest BCUT2D eigenvalue weighted by molar-refractivity contribution is -0.140. The van der Waals surface area contributed by atoms with Crippen molar-refractivity contribution in [3.8, 4) is 0 Å². The number of nitrogens with zero attached hydrogens (tertiary/aromatic N) is 3. The molecular formula is C24H18F4N6O3. The number of benzene rings is 2. The number of pyridine rings is 1. The molecule has 0 aliphatic rings. The summed E-state index contributed by atoms with van der Waals surface area (Å²) in [4.78, 5) is 40.2. The first-order chi connectivity index (χ1) is 17.4. The predicted octanol–water partition coefficient (Wildman–Crippen LogP) is 3.40. The van der Waals surface area contributed by atoms with Crippen LogP contribution in [0.4, 0.5) is 23.2 Å². The lowest BCUT2D eigenvalue weighted by Gasteiger charge is -2.12. The van der Waals surface area contributed by atoms with E-state index < -0.39 is 46.7 Å². The molecule has 37 heavy (non-hydrogen) atoms. The van der Waals surface area contributed by atoms with Crippen LogP contribution in [0, 0.1) is 12.7 Å². The van der Waals surface area contributed by atoms with Gasteiger partial charge in [-0.2, -0.15) is 18.3 Å². The quantitative estimate of drug-likeness (QED) is 0.338. The first kappa shape index (κ1) is 25.3. The maximum Gasteiger partial charge on any atom is 0.437 e. The van der Waals surface area contributed by atoms with Crippen LogP contribution in [0.25, 0.3) is 10.9 Å². The zero-order chi connectivity index (χ0) is 27.1. The highest BCUT2D eigenvalue weighted by Gasteiger charge is 2.39. The van der Waals surface area contributed by atoms with Gasteiger partial charge in [0.2, 0.25) is 5.91 Å². The molecule has 0 spiro atoms. The van der Waals surface area contributed by atoms with Gasteiger partial charge in [-0.05, 0) is 42.8 Å². The number of anilines is 1. The van der Waals surface area contributed by atoms with Gasteiger partial charge in [-0.15, -0.1) is 0 Å². The summed E-state index contributed by atoms with van der Waals surface area (Å²) >= 11 is 0. The number of aromatic nitrogens is 3. The highest BCUT2D eigenvalue weighted by molar-refractivity contribution is 6.14.